The van der Waals surface area contributed by atoms with Gasteiger partial charge in [-0.2, -0.15) is 0 Å². The fourth-order valence-electron chi connectivity index (χ4n) is 2.25. The van der Waals surface area contributed by atoms with Crippen molar-refractivity contribution >= 4 is 17.3 Å². The number of aliphatic imine (C=N–C) groups is 1. The zero-order chi connectivity index (χ0) is 18.3. The van der Waals surface area contributed by atoms with Crippen LogP contribution in [0.25, 0.3) is 0 Å². The molecule has 1 atom stereocenters. The second-order valence-electron chi connectivity index (χ2n) is 5.79. The van der Waals surface area contributed by atoms with Crippen LogP contribution < -0.4 is 15.4 Å². The third kappa shape index (κ3) is 5.37. The van der Waals surface area contributed by atoms with Crippen molar-refractivity contribution in [1.29, 1.82) is 0 Å². The number of phenolic OH excluding ortho intramolecular Hbond substituents is 1. The molecule has 136 valence electrons. The summed E-state index contributed by atoms with van der Waals surface area (Å²) in [7, 11) is 1.58. The number of benzene rings is 1. The van der Waals surface area contributed by atoms with E-state index >= 15 is 0 Å². The van der Waals surface area contributed by atoms with Gasteiger partial charge in [-0.3, -0.25) is 0 Å². The Balaban J connectivity index is 2.06. The minimum atomic E-state index is -0.984. The summed E-state index contributed by atoms with van der Waals surface area (Å²) in [6.07, 6.45) is 0. The second kappa shape index (κ2) is 8.73. The van der Waals surface area contributed by atoms with E-state index in [2.05, 4.69) is 15.6 Å². The molecular weight excluding hydrogens is 338 g/mol. The Morgan fingerprint density at radius 3 is 2.76 bits per heavy atom. The molecule has 6 nitrogen and oxygen atoms in total. The average molecular weight is 363 g/mol. The molecule has 0 bridgehead atoms. The van der Waals surface area contributed by atoms with Crippen molar-refractivity contribution in [2.24, 2.45) is 4.99 Å². The number of guanidine groups is 1. The third-order valence-corrected chi connectivity index (χ3v) is 4.81. The minimum absolute atomic E-state index is 0.172. The Morgan fingerprint density at radius 2 is 2.12 bits per heavy atom. The monoisotopic (exact) mass is 363 g/mol. The standard InChI is InChI=1S/C18H25N3O3S/c1-4-19-17(21-12-18(2,23)16-6-5-9-25-16)20-11-13-10-14(24-3)7-8-15(13)22/h5-10,22-23H,4,11-12H2,1-3H3,(H2,19,20,21). The number of rotatable bonds is 7. The summed E-state index contributed by atoms with van der Waals surface area (Å²) in [5.74, 6) is 1.41. The number of phenols is 1. The molecule has 4 N–H and O–H groups in total. The first kappa shape index (κ1) is 19.1. The van der Waals surface area contributed by atoms with Crippen LogP contribution in [0.4, 0.5) is 0 Å². The molecule has 0 radical (unpaired) electrons. The van der Waals surface area contributed by atoms with E-state index in [0.29, 0.717) is 36.9 Å². The lowest BCUT2D eigenvalue weighted by molar-refractivity contribution is 0.0655. The molecule has 2 rings (SSSR count). The van der Waals surface area contributed by atoms with Gasteiger partial charge >= 0.3 is 0 Å². The van der Waals surface area contributed by atoms with Crippen LogP contribution in [0.1, 0.15) is 24.3 Å². The Hall–Kier alpha value is -2.25. The van der Waals surface area contributed by atoms with Gasteiger partial charge in [0, 0.05) is 17.0 Å². The maximum atomic E-state index is 10.6. The summed E-state index contributed by atoms with van der Waals surface area (Å²) in [5, 5.41) is 28.8. The highest BCUT2D eigenvalue weighted by Crippen LogP contribution is 2.25. The van der Waals surface area contributed by atoms with Crippen molar-refractivity contribution in [3.63, 3.8) is 0 Å². The smallest absolute Gasteiger partial charge is 0.191 e. The maximum Gasteiger partial charge on any atom is 0.191 e. The second-order valence-corrected chi connectivity index (χ2v) is 6.74. The van der Waals surface area contributed by atoms with Crippen LogP contribution in [-0.2, 0) is 12.1 Å². The molecule has 2 aromatic rings. The van der Waals surface area contributed by atoms with Gasteiger partial charge in [0.2, 0.25) is 0 Å². The fraction of sp³-hybridized carbons (Fsp3) is 0.389. The van der Waals surface area contributed by atoms with Gasteiger partial charge in [-0.05, 0) is 43.5 Å². The zero-order valence-corrected chi connectivity index (χ0v) is 15.6. The summed E-state index contributed by atoms with van der Waals surface area (Å²) in [5.41, 5.74) is -0.316. The largest absolute Gasteiger partial charge is 0.508 e. The molecule has 1 unspecified atom stereocenters. The molecule has 7 heteroatoms. The molecule has 0 aliphatic carbocycles. The number of hydrogen-bond acceptors (Lipinski definition) is 5. The number of methoxy groups -OCH3 is 1. The van der Waals surface area contributed by atoms with E-state index < -0.39 is 5.60 Å². The highest BCUT2D eigenvalue weighted by atomic mass is 32.1. The number of nitrogens with zero attached hydrogens (tertiary/aromatic N) is 1. The normalized spacial score (nSPS) is 14.0. The van der Waals surface area contributed by atoms with Crippen molar-refractivity contribution in [2.45, 2.75) is 26.0 Å². The van der Waals surface area contributed by atoms with E-state index in [1.54, 1.807) is 32.2 Å². The number of aliphatic hydroxyl groups is 1. The van der Waals surface area contributed by atoms with Gasteiger partial charge < -0.3 is 25.6 Å². The number of hydrogen-bond donors (Lipinski definition) is 4. The summed E-state index contributed by atoms with van der Waals surface area (Å²) >= 11 is 1.51. The molecule has 25 heavy (non-hydrogen) atoms. The van der Waals surface area contributed by atoms with Crippen molar-refractivity contribution in [3.05, 3.63) is 46.2 Å². The topological polar surface area (TPSA) is 86.1 Å². The lowest BCUT2D eigenvalue weighted by Gasteiger charge is -2.23. The number of nitrogens with one attached hydrogen (secondary N) is 2. The van der Waals surface area contributed by atoms with Crippen molar-refractivity contribution < 1.29 is 14.9 Å². The van der Waals surface area contributed by atoms with Crippen LogP contribution in [0.2, 0.25) is 0 Å². The molecule has 0 spiro atoms. The molecular formula is C18H25N3O3S. The number of thiophene rings is 1. The van der Waals surface area contributed by atoms with E-state index in [1.807, 2.05) is 24.4 Å². The van der Waals surface area contributed by atoms with Crippen molar-refractivity contribution in [2.75, 3.05) is 20.2 Å². The van der Waals surface area contributed by atoms with E-state index in [9.17, 15) is 10.2 Å². The fourth-order valence-corrected chi connectivity index (χ4v) is 3.04. The summed E-state index contributed by atoms with van der Waals surface area (Å²) in [6, 6.07) is 8.87. The van der Waals surface area contributed by atoms with E-state index in [4.69, 9.17) is 4.74 Å². The van der Waals surface area contributed by atoms with E-state index in [-0.39, 0.29) is 5.75 Å². The van der Waals surface area contributed by atoms with Gasteiger partial charge in [0.05, 0.1) is 20.2 Å². The quantitative estimate of drug-likeness (QED) is 0.448. The summed E-state index contributed by atoms with van der Waals surface area (Å²) in [6.45, 7) is 5.04. The number of aromatic hydroxyl groups is 1. The summed E-state index contributed by atoms with van der Waals surface area (Å²) < 4.78 is 5.17. The Labute approximate surface area is 152 Å². The maximum absolute atomic E-state index is 10.6. The molecule has 0 aliphatic heterocycles. The zero-order valence-electron chi connectivity index (χ0n) is 14.7. The van der Waals surface area contributed by atoms with Gasteiger partial charge in [0.15, 0.2) is 5.96 Å². The highest BCUT2D eigenvalue weighted by Gasteiger charge is 2.24. The molecule has 0 saturated heterocycles. The van der Waals surface area contributed by atoms with Crippen LogP contribution in [0.5, 0.6) is 11.5 Å². The van der Waals surface area contributed by atoms with Crippen LogP contribution >= 0.6 is 11.3 Å². The van der Waals surface area contributed by atoms with Gasteiger partial charge in [-0.15, -0.1) is 11.3 Å². The lowest BCUT2D eigenvalue weighted by atomic mass is 10.1. The van der Waals surface area contributed by atoms with Crippen molar-refractivity contribution in [3.8, 4) is 11.5 Å². The van der Waals surface area contributed by atoms with Gasteiger partial charge in [0.25, 0.3) is 0 Å². The Bertz CT molecular complexity index is 700. The highest BCUT2D eigenvalue weighted by molar-refractivity contribution is 7.10. The van der Waals surface area contributed by atoms with Gasteiger partial charge in [-0.1, -0.05) is 6.07 Å². The van der Waals surface area contributed by atoms with E-state index in [0.717, 1.165) is 4.88 Å². The van der Waals surface area contributed by atoms with Crippen LogP contribution in [0.15, 0.2) is 40.7 Å². The third-order valence-electron chi connectivity index (χ3n) is 3.69. The minimum Gasteiger partial charge on any atom is -0.508 e. The first-order valence-electron chi connectivity index (χ1n) is 8.10. The molecule has 0 saturated carbocycles. The van der Waals surface area contributed by atoms with Crippen LogP contribution in [0.3, 0.4) is 0 Å². The molecule has 1 aromatic carbocycles. The Morgan fingerprint density at radius 1 is 1.32 bits per heavy atom. The van der Waals surface area contributed by atoms with Gasteiger partial charge in [-0.25, -0.2) is 4.99 Å². The SMILES string of the molecule is CCNC(=NCc1cc(OC)ccc1O)NCC(C)(O)c1cccs1. The molecule has 1 aromatic heterocycles. The number of ether oxygens (including phenoxy) is 1. The first-order valence-corrected chi connectivity index (χ1v) is 8.98. The lowest BCUT2D eigenvalue weighted by Crippen LogP contribution is -2.44. The van der Waals surface area contributed by atoms with Crippen LogP contribution in [0, 0.1) is 0 Å². The van der Waals surface area contributed by atoms with Crippen molar-refractivity contribution in [1.82, 2.24) is 10.6 Å². The molecule has 0 amide bonds. The molecule has 0 aliphatic rings. The Kier molecular flexibility index (Phi) is 6.66. The predicted molar refractivity (Wildman–Crippen MR) is 101 cm³/mol. The van der Waals surface area contributed by atoms with E-state index in [1.165, 1.54) is 11.3 Å². The molecule has 0 fully saturated rings. The van der Waals surface area contributed by atoms with Gasteiger partial charge in [0.1, 0.15) is 17.1 Å². The average Bonchev–Trinajstić information content (AvgIpc) is 3.14. The first-order chi connectivity index (χ1) is 12.0. The van der Waals surface area contributed by atoms with Crippen LogP contribution in [-0.4, -0.2) is 36.4 Å². The predicted octanol–water partition coefficient (Wildman–Crippen LogP) is 2.43. The molecule has 1 heterocycles. The summed E-state index contributed by atoms with van der Waals surface area (Å²) in [4.78, 5) is 5.37.